The van der Waals surface area contributed by atoms with E-state index in [0.29, 0.717) is 30.1 Å². The van der Waals surface area contributed by atoms with Crippen LogP contribution in [-0.4, -0.2) is 18.4 Å². The predicted octanol–water partition coefficient (Wildman–Crippen LogP) is 3.74. The molecule has 0 spiro atoms. The second kappa shape index (κ2) is 8.57. The number of carbonyl (C=O) groups is 2. The fourth-order valence-corrected chi connectivity index (χ4v) is 3.04. The molecule has 2 amide bonds. The molecule has 22 heavy (non-hydrogen) atoms. The van der Waals surface area contributed by atoms with Gasteiger partial charge in [-0.05, 0) is 43.9 Å². The minimum atomic E-state index is -0.109. The van der Waals surface area contributed by atoms with Crippen molar-refractivity contribution in [1.29, 1.82) is 0 Å². The number of benzene rings is 1. The molecule has 1 aliphatic carbocycles. The van der Waals surface area contributed by atoms with E-state index in [-0.39, 0.29) is 11.8 Å². The summed E-state index contributed by atoms with van der Waals surface area (Å²) in [4.78, 5) is 24.0. The largest absolute Gasteiger partial charge is 0.352 e. The quantitative estimate of drug-likeness (QED) is 0.814. The lowest BCUT2D eigenvalue weighted by Crippen LogP contribution is -2.23. The summed E-state index contributed by atoms with van der Waals surface area (Å²) in [6, 6.07) is 7.11. The molecule has 1 fully saturated rings. The molecule has 120 valence electrons. The van der Waals surface area contributed by atoms with Gasteiger partial charge in [-0.1, -0.05) is 31.7 Å². The molecule has 1 aromatic carbocycles. The Labute approximate surface area is 132 Å². The maximum Gasteiger partial charge on any atom is 0.251 e. The highest BCUT2D eigenvalue weighted by atomic mass is 16.2. The zero-order valence-corrected chi connectivity index (χ0v) is 13.4. The Balaban J connectivity index is 1.90. The second-order valence-corrected chi connectivity index (χ2v) is 6.05. The smallest absolute Gasteiger partial charge is 0.251 e. The molecular formula is C18H26N2O2. The van der Waals surface area contributed by atoms with Crippen LogP contribution in [0.25, 0.3) is 0 Å². The lowest BCUT2D eigenvalue weighted by atomic mass is 9.96. The highest BCUT2D eigenvalue weighted by molar-refractivity contribution is 5.97. The van der Waals surface area contributed by atoms with E-state index in [0.717, 1.165) is 12.8 Å². The van der Waals surface area contributed by atoms with Crippen molar-refractivity contribution in [2.45, 2.75) is 51.9 Å². The van der Waals surface area contributed by atoms with Crippen LogP contribution in [0.5, 0.6) is 0 Å². The van der Waals surface area contributed by atoms with Crippen LogP contribution in [0, 0.1) is 5.92 Å². The third kappa shape index (κ3) is 5.17. The van der Waals surface area contributed by atoms with E-state index in [2.05, 4.69) is 10.6 Å². The molecule has 4 nitrogen and oxygen atoms in total. The Bertz CT molecular complexity index is 506. The van der Waals surface area contributed by atoms with Crippen LogP contribution < -0.4 is 10.6 Å². The van der Waals surface area contributed by atoms with Crippen molar-refractivity contribution in [3.8, 4) is 0 Å². The fourth-order valence-electron chi connectivity index (χ4n) is 3.04. The van der Waals surface area contributed by atoms with Gasteiger partial charge in [0.2, 0.25) is 5.91 Å². The van der Waals surface area contributed by atoms with Crippen molar-refractivity contribution < 1.29 is 9.59 Å². The van der Waals surface area contributed by atoms with Crippen molar-refractivity contribution in [3.63, 3.8) is 0 Å². The van der Waals surface area contributed by atoms with Crippen molar-refractivity contribution in [2.24, 2.45) is 5.92 Å². The first kappa shape index (κ1) is 16.5. The minimum absolute atomic E-state index is 0.0555. The zero-order valence-electron chi connectivity index (χ0n) is 13.4. The third-order valence-electron chi connectivity index (χ3n) is 4.19. The van der Waals surface area contributed by atoms with E-state index in [1.54, 1.807) is 18.2 Å². The average molecular weight is 302 g/mol. The van der Waals surface area contributed by atoms with E-state index >= 15 is 0 Å². The molecule has 0 radical (unpaired) electrons. The molecule has 0 aromatic heterocycles. The summed E-state index contributed by atoms with van der Waals surface area (Å²) < 4.78 is 0. The fraction of sp³-hybridized carbons (Fsp3) is 0.556. The highest BCUT2D eigenvalue weighted by Crippen LogP contribution is 2.25. The number of hydrogen-bond acceptors (Lipinski definition) is 2. The summed E-state index contributed by atoms with van der Waals surface area (Å²) in [6.45, 7) is 2.48. The maximum atomic E-state index is 12.2. The summed E-state index contributed by atoms with van der Waals surface area (Å²) in [6.07, 6.45) is 7.98. The molecule has 0 saturated heterocycles. The van der Waals surface area contributed by atoms with Crippen LogP contribution in [0.1, 0.15) is 62.2 Å². The number of hydrogen-bond donors (Lipinski definition) is 2. The molecule has 0 unspecified atom stereocenters. The van der Waals surface area contributed by atoms with Gasteiger partial charge >= 0.3 is 0 Å². The van der Waals surface area contributed by atoms with Crippen molar-refractivity contribution >= 4 is 17.5 Å². The SMILES string of the molecule is CCNC(=O)c1cccc(NC(=O)CC2CCCCCC2)c1. The first-order chi connectivity index (χ1) is 10.7. The van der Waals surface area contributed by atoms with Gasteiger partial charge in [-0.25, -0.2) is 0 Å². The van der Waals surface area contributed by atoms with Crippen molar-refractivity contribution in [2.75, 3.05) is 11.9 Å². The maximum absolute atomic E-state index is 12.2. The van der Waals surface area contributed by atoms with Gasteiger partial charge in [-0.15, -0.1) is 0 Å². The number of amides is 2. The summed E-state index contributed by atoms with van der Waals surface area (Å²) in [5.74, 6) is 0.455. The van der Waals surface area contributed by atoms with Gasteiger partial charge in [-0.3, -0.25) is 9.59 Å². The van der Waals surface area contributed by atoms with E-state index in [1.165, 1.54) is 25.7 Å². The molecule has 0 aliphatic heterocycles. The van der Waals surface area contributed by atoms with Gasteiger partial charge in [0.05, 0.1) is 0 Å². The Morgan fingerprint density at radius 1 is 1.14 bits per heavy atom. The van der Waals surface area contributed by atoms with E-state index in [9.17, 15) is 9.59 Å². The molecule has 0 heterocycles. The van der Waals surface area contributed by atoms with E-state index in [4.69, 9.17) is 0 Å². The number of anilines is 1. The second-order valence-electron chi connectivity index (χ2n) is 6.05. The molecule has 1 aromatic rings. The number of nitrogens with one attached hydrogen (secondary N) is 2. The Hall–Kier alpha value is -1.84. The summed E-state index contributed by atoms with van der Waals surface area (Å²) in [5.41, 5.74) is 1.27. The topological polar surface area (TPSA) is 58.2 Å². The van der Waals surface area contributed by atoms with Gasteiger partial charge in [-0.2, -0.15) is 0 Å². The van der Waals surface area contributed by atoms with Crippen LogP contribution in [0.15, 0.2) is 24.3 Å². The first-order valence-corrected chi connectivity index (χ1v) is 8.37. The molecule has 2 N–H and O–H groups in total. The molecule has 1 saturated carbocycles. The monoisotopic (exact) mass is 302 g/mol. The zero-order chi connectivity index (χ0) is 15.8. The molecule has 0 bridgehead atoms. The highest BCUT2D eigenvalue weighted by Gasteiger charge is 2.16. The summed E-state index contributed by atoms with van der Waals surface area (Å²) >= 11 is 0. The lowest BCUT2D eigenvalue weighted by molar-refractivity contribution is -0.117. The molecular weight excluding hydrogens is 276 g/mol. The minimum Gasteiger partial charge on any atom is -0.352 e. The normalized spacial score (nSPS) is 15.9. The number of carbonyl (C=O) groups excluding carboxylic acids is 2. The van der Waals surface area contributed by atoms with E-state index < -0.39 is 0 Å². The van der Waals surface area contributed by atoms with Crippen LogP contribution >= 0.6 is 0 Å². The Kier molecular flexibility index (Phi) is 6.44. The summed E-state index contributed by atoms with van der Waals surface area (Å²) in [5, 5.41) is 5.69. The molecule has 0 atom stereocenters. The van der Waals surface area contributed by atoms with Crippen LogP contribution in [0.3, 0.4) is 0 Å². The molecule has 2 rings (SSSR count). The molecule has 4 heteroatoms. The summed E-state index contributed by atoms with van der Waals surface area (Å²) in [7, 11) is 0. The molecule has 1 aliphatic rings. The Morgan fingerprint density at radius 3 is 2.55 bits per heavy atom. The van der Waals surface area contributed by atoms with E-state index in [1.807, 2.05) is 13.0 Å². The standard InChI is InChI=1S/C18H26N2O2/c1-2-19-18(22)15-10-7-11-16(13-15)20-17(21)12-14-8-5-3-4-6-9-14/h7,10-11,13-14H,2-6,8-9,12H2,1H3,(H,19,22)(H,20,21). The van der Waals surface area contributed by atoms with Gasteiger partial charge in [0.1, 0.15) is 0 Å². The van der Waals surface area contributed by atoms with Crippen LogP contribution in [-0.2, 0) is 4.79 Å². The van der Waals surface area contributed by atoms with Gasteiger partial charge < -0.3 is 10.6 Å². The predicted molar refractivity (Wildman–Crippen MR) is 88.9 cm³/mol. The van der Waals surface area contributed by atoms with Crippen LogP contribution in [0.2, 0.25) is 0 Å². The number of rotatable bonds is 5. The first-order valence-electron chi connectivity index (χ1n) is 8.37. The van der Waals surface area contributed by atoms with Gasteiger partial charge in [0.15, 0.2) is 0 Å². The van der Waals surface area contributed by atoms with Crippen molar-refractivity contribution in [3.05, 3.63) is 29.8 Å². The van der Waals surface area contributed by atoms with Gasteiger partial charge in [0, 0.05) is 24.2 Å². The lowest BCUT2D eigenvalue weighted by Gasteiger charge is -2.14. The van der Waals surface area contributed by atoms with Crippen LogP contribution in [0.4, 0.5) is 5.69 Å². The van der Waals surface area contributed by atoms with Gasteiger partial charge in [0.25, 0.3) is 5.91 Å². The van der Waals surface area contributed by atoms with Crippen molar-refractivity contribution in [1.82, 2.24) is 5.32 Å². The third-order valence-corrected chi connectivity index (χ3v) is 4.19. The average Bonchev–Trinajstić information content (AvgIpc) is 2.76. The Morgan fingerprint density at radius 2 is 1.86 bits per heavy atom.